The van der Waals surface area contributed by atoms with E-state index in [2.05, 4.69) is 24.4 Å². The van der Waals surface area contributed by atoms with Crippen molar-refractivity contribution in [2.45, 2.75) is 32.2 Å². The van der Waals surface area contributed by atoms with Crippen LogP contribution in [-0.4, -0.2) is 13.1 Å². The smallest absolute Gasteiger partial charge is 0.126 e. The van der Waals surface area contributed by atoms with E-state index in [1.54, 1.807) is 0 Å². The standard InChI is InChI=1S/C18H21F2N/c1-13-5-3-4-6-14(13)7-9-17(21-2)12-15-11-16(19)8-10-18(15)20/h3-6,8,10-11,17,21H,7,9,12H2,1-2H3. The van der Waals surface area contributed by atoms with Crippen molar-refractivity contribution in [3.05, 3.63) is 70.8 Å². The van der Waals surface area contributed by atoms with Gasteiger partial charge in [-0.25, -0.2) is 8.78 Å². The van der Waals surface area contributed by atoms with Crippen LogP contribution in [0.25, 0.3) is 0 Å². The van der Waals surface area contributed by atoms with E-state index in [4.69, 9.17) is 0 Å². The molecule has 0 saturated carbocycles. The summed E-state index contributed by atoms with van der Waals surface area (Å²) in [5.41, 5.74) is 3.00. The largest absolute Gasteiger partial charge is 0.317 e. The normalized spacial score (nSPS) is 12.4. The fourth-order valence-corrected chi connectivity index (χ4v) is 2.53. The Kier molecular flexibility index (Phi) is 5.45. The van der Waals surface area contributed by atoms with Gasteiger partial charge in [-0.2, -0.15) is 0 Å². The van der Waals surface area contributed by atoms with Crippen molar-refractivity contribution >= 4 is 0 Å². The number of benzene rings is 2. The van der Waals surface area contributed by atoms with Gasteiger partial charge >= 0.3 is 0 Å². The van der Waals surface area contributed by atoms with Gasteiger partial charge in [0.25, 0.3) is 0 Å². The molecule has 0 fully saturated rings. The Hall–Kier alpha value is -1.74. The number of hydrogen-bond acceptors (Lipinski definition) is 1. The highest BCUT2D eigenvalue weighted by Crippen LogP contribution is 2.16. The van der Waals surface area contributed by atoms with Crippen molar-refractivity contribution in [1.29, 1.82) is 0 Å². The van der Waals surface area contributed by atoms with Gasteiger partial charge in [-0.1, -0.05) is 24.3 Å². The number of hydrogen-bond donors (Lipinski definition) is 1. The molecule has 2 aromatic carbocycles. The van der Waals surface area contributed by atoms with Crippen LogP contribution in [0.3, 0.4) is 0 Å². The second kappa shape index (κ2) is 7.32. The van der Waals surface area contributed by atoms with Crippen molar-refractivity contribution in [2.75, 3.05) is 7.05 Å². The third kappa shape index (κ3) is 4.36. The van der Waals surface area contributed by atoms with Crippen LogP contribution in [0.1, 0.15) is 23.1 Å². The molecule has 1 atom stereocenters. The van der Waals surface area contributed by atoms with Crippen LogP contribution < -0.4 is 5.32 Å². The highest BCUT2D eigenvalue weighted by molar-refractivity contribution is 5.26. The van der Waals surface area contributed by atoms with Gasteiger partial charge < -0.3 is 5.32 Å². The van der Waals surface area contributed by atoms with E-state index in [0.29, 0.717) is 12.0 Å². The molecule has 21 heavy (non-hydrogen) atoms. The first-order valence-electron chi connectivity index (χ1n) is 7.26. The first-order valence-corrected chi connectivity index (χ1v) is 7.26. The van der Waals surface area contributed by atoms with Crippen LogP contribution >= 0.6 is 0 Å². The van der Waals surface area contributed by atoms with E-state index < -0.39 is 0 Å². The monoisotopic (exact) mass is 289 g/mol. The van der Waals surface area contributed by atoms with Gasteiger partial charge in [-0.15, -0.1) is 0 Å². The summed E-state index contributed by atoms with van der Waals surface area (Å²) in [6, 6.07) is 12.0. The molecule has 0 spiro atoms. The van der Waals surface area contributed by atoms with Gasteiger partial charge in [-0.3, -0.25) is 0 Å². The Bertz CT molecular complexity index is 596. The summed E-state index contributed by atoms with van der Waals surface area (Å²) in [6.45, 7) is 2.09. The molecule has 1 N–H and O–H groups in total. The summed E-state index contributed by atoms with van der Waals surface area (Å²) < 4.78 is 26.9. The zero-order valence-corrected chi connectivity index (χ0v) is 12.5. The number of rotatable bonds is 6. The average molecular weight is 289 g/mol. The lowest BCUT2D eigenvalue weighted by molar-refractivity contribution is 0.500. The molecule has 0 amide bonds. The Morgan fingerprint density at radius 1 is 1.05 bits per heavy atom. The summed E-state index contributed by atoms with van der Waals surface area (Å²) in [5, 5.41) is 3.20. The minimum atomic E-state index is -0.389. The molecule has 0 bridgehead atoms. The van der Waals surface area contributed by atoms with E-state index in [9.17, 15) is 8.78 Å². The molecule has 3 heteroatoms. The molecule has 0 aromatic heterocycles. The molecule has 2 rings (SSSR count). The number of halogens is 2. The SMILES string of the molecule is CNC(CCc1ccccc1C)Cc1cc(F)ccc1F. The molecule has 2 aromatic rings. The van der Waals surface area contributed by atoms with Crippen molar-refractivity contribution in [2.24, 2.45) is 0 Å². The second-order valence-electron chi connectivity index (χ2n) is 5.39. The van der Waals surface area contributed by atoms with Crippen LogP contribution in [0.4, 0.5) is 8.78 Å². The lowest BCUT2D eigenvalue weighted by atomic mass is 9.97. The number of nitrogens with one attached hydrogen (secondary N) is 1. The highest BCUT2D eigenvalue weighted by Gasteiger charge is 2.12. The molecule has 0 aliphatic carbocycles. The minimum absolute atomic E-state index is 0.126. The van der Waals surface area contributed by atoms with E-state index in [0.717, 1.165) is 18.9 Å². The van der Waals surface area contributed by atoms with Crippen LogP contribution in [0.5, 0.6) is 0 Å². The van der Waals surface area contributed by atoms with Gasteiger partial charge in [-0.05, 0) is 68.1 Å². The van der Waals surface area contributed by atoms with Gasteiger partial charge in [0.05, 0.1) is 0 Å². The molecule has 0 radical (unpaired) electrons. The lowest BCUT2D eigenvalue weighted by Gasteiger charge is -2.17. The van der Waals surface area contributed by atoms with E-state index in [-0.39, 0.29) is 17.7 Å². The van der Waals surface area contributed by atoms with Crippen molar-refractivity contribution in [1.82, 2.24) is 5.32 Å². The van der Waals surface area contributed by atoms with Gasteiger partial charge in [0.2, 0.25) is 0 Å². The van der Waals surface area contributed by atoms with Gasteiger partial charge in [0.15, 0.2) is 0 Å². The summed E-state index contributed by atoms with van der Waals surface area (Å²) in [4.78, 5) is 0. The molecule has 112 valence electrons. The zero-order chi connectivity index (χ0) is 15.2. The first-order chi connectivity index (χ1) is 10.1. The maximum absolute atomic E-state index is 13.7. The molecular formula is C18H21F2N. The maximum Gasteiger partial charge on any atom is 0.126 e. The van der Waals surface area contributed by atoms with Crippen LogP contribution in [0, 0.1) is 18.6 Å². The third-order valence-electron chi connectivity index (χ3n) is 3.91. The third-order valence-corrected chi connectivity index (χ3v) is 3.91. The molecule has 1 nitrogen and oxygen atoms in total. The summed E-state index contributed by atoms with van der Waals surface area (Å²) in [6.07, 6.45) is 2.30. The molecule has 0 heterocycles. The topological polar surface area (TPSA) is 12.0 Å². The van der Waals surface area contributed by atoms with E-state index in [1.807, 2.05) is 19.2 Å². The highest BCUT2D eigenvalue weighted by atomic mass is 19.1. The molecule has 1 unspecified atom stereocenters. The Morgan fingerprint density at radius 2 is 1.81 bits per heavy atom. The predicted octanol–water partition coefficient (Wildman–Crippen LogP) is 4.04. The Morgan fingerprint density at radius 3 is 2.52 bits per heavy atom. The summed E-state index contributed by atoms with van der Waals surface area (Å²) >= 11 is 0. The van der Waals surface area contributed by atoms with Crippen LogP contribution in [-0.2, 0) is 12.8 Å². The van der Waals surface area contributed by atoms with Crippen molar-refractivity contribution in [3.8, 4) is 0 Å². The molecule has 0 saturated heterocycles. The fourth-order valence-electron chi connectivity index (χ4n) is 2.53. The summed E-state index contributed by atoms with van der Waals surface area (Å²) in [7, 11) is 1.86. The zero-order valence-electron chi connectivity index (χ0n) is 12.5. The second-order valence-corrected chi connectivity index (χ2v) is 5.39. The Balaban J connectivity index is 2.00. The summed E-state index contributed by atoms with van der Waals surface area (Å²) in [5.74, 6) is -0.729. The lowest BCUT2D eigenvalue weighted by Crippen LogP contribution is -2.28. The Labute approximate surface area is 125 Å². The molecular weight excluding hydrogens is 268 g/mol. The quantitative estimate of drug-likeness (QED) is 0.846. The molecule has 0 aliphatic rings. The molecule has 0 aliphatic heterocycles. The van der Waals surface area contributed by atoms with Crippen LogP contribution in [0.2, 0.25) is 0 Å². The van der Waals surface area contributed by atoms with E-state index in [1.165, 1.54) is 23.3 Å². The maximum atomic E-state index is 13.7. The van der Waals surface area contributed by atoms with Crippen molar-refractivity contribution < 1.29 is 8.78 Å². The van der Waals surface area contributed by atoms with Crippen molar-refractivity contribution in [3.63, 3.8) is 0 Å². The fraction of sp³-hybridized carbons (Fsp3) is 0.333. The predicted molar refractivity (Wildman–Crippen MR) is 82.4 cm³/mol. The van der Waals surface area contributed by atoms with Gasteiger partial charge in [0, 0.05) is 6.04 Å². The minimum Gasteiger partial charge on any atom is -0.317 e. The first kappa shape index (κ1) is 15.6. The van der Waals surface area contributed by atoms with Crippen LogP contribution in [0.15, 0.2) is 42.5 Å². The number of likely N-dealkylation sites (N-methyl/N-ethyl adjacent to an activating group) is 1. The average Bonchev–Trinajstić information content (AvgIpc) is 2.48. The van der Waals surface area contributed by atoms with E-state index >= 15 is 0 Å². The number of aryl methyl sites for hydroxylation is 2. The van der Waals surface area contributed by atoms with Gasteiger partial charge in [0.1, 0.15) is 11.6 Å².